The number of aliphatic hydroxyl groups excluding tert-OH is 4. The molecule has 0 amide bonds. The van der Waals surface area contributed by atoms with E-state index in [0.29, 0.717) is 28.2 Å². The predicted molar refractivity (Wildman–Crippen MR) is 136 cm³/mol. The van der Waals surface area contributed by atoms with E-state index in [1.165, 1.54) is 19.1 Å². The molecular weight excluding hydrogens is 564 g/mol. The molecule has 2 fully saturated rings. The second-order valence-corrected chi connectivity index (χ2v) is 11.2. The highest BCUT2D eigenvalue weighted by Crippen LogP contribution is 2.55. The van der Waals surface area contributed by atoms with Crippen molar-refractivity contribution in [3.63, 3.8) is 0 Å². The lowest BCUT2D eigenvalue weighted by atomic mass is 9.65. The number of phenols is 2. The molecule has 7 N–H and O–H groups in total. The quantitative estimate of drug-likeness (QED) is 0.225. The van der Waals surface area contributed by atoms with Gasteiger partial charge in [-0.1, -0.05) is 0 Å². The number of cyclic esters (lactones) is 1. The zero-order chi connectivity index (χ0) is 30.1. The maximum atomic E-state index is 15.6. The Balaban J connectivity index is 1.38. The number of alkyl halides is 2. The molecule has 4 aliphatic rings. The van der Waals surface area contributed by atoms with Crippen molar-refractivity contribution in [3.8, 4) is 23.0 Å². The molecule has 2 aromatic rings. The van der Waals surface area contributed by atoms with Crippen LogP contribution in [0.2, 0.25) is 0 Å². The Morgan fingerprint density at radius 1 is 0.952 bits per heavy atom. The summed E-state index contributed by atoms with van der Waals surface area (Å²) in [7, 11) is 0. The van der Waals surface area contributed by atoms with E-state index in [-0.39, 0.29) is 30.5 Å². The molecule has 228 valence electrons. The van der Waals surface area contributed by atoms with Gasteiger partial charge in [0.1, 0.15) is 35.9 Å². The lowest BCUT2D eigenvalue weighted by Crippen LogP contribution is -2.64. The minimum atomic E-state index is -3.81. The van der Waals surface area contributed by atoms with Gasteiger partial charge in [-0.05, 0) is 47.9 Å². The average molecular weight is 596 g/mol. The van der Waals surface area contributed by atoms with E-state index in [1.54, 1.807) is 12.1 Å². The van der Waals surface area contributed by atoms with Gasteiger partial charge in [0.2, 0.25) is 6.79 Å². The number of esters is 1. The summed E-state index contributed by atoms with van der Waals surface area (Å²) in [5.41, 5.74) is 1.67. The number of hydrogen-bond donors (Lipinski definition) is 7. The molecule has 14 heteroatoms. The van der Waals surface area contributed by atoms with Crippen LogP contribution in [0.4, 0.5) is 8.78 Å². The first-order chi connectivity index (χ1) is 19.9. The van der Waals surface area contributed by atoms with Gasteiger partial charge >= 0.3 is 5.97 Å². The molecule has 1 aliphatic carbocycles. The van der Waals surface area contributed by atoms with Crippen LogP contribution in [0.3, 0.4) is 0 Å². The molecule has 12 nitrogen and oxygen atoms in total. The van der Waals surface area contributed by atoms with E-state index in [4.69, 9.17) is 18.9 Å². The topological polar surface area (TPSA) is 187 Å². The molecule has 2 aromatic carbocycles. The predicted octanol–water partition coefficient (Wildman–Crippen LogP) is 0.178. The Morgan fingerprint density at radius 3 is 2.24 bits per heavy atom. The van der Waals surface area contributed by atoms with Crippen molar-refractivity contribution in [3.05, 3.63) is 46.5 Å². The number of hydrogen-bond acceptors (Lipinski definition) is 12. The second kappa shape index (κ2) is 10.5. The summed E-state index contributed by atoms with van der Waals surface area (Å²) in [4.78, 5) is 13.1. The Labute approximate surface area is 238 Å². The number of halogens is 2. The van der Waals surface area contributed by atoms with Crippen molar-refractivity contribution >= 4 is 5.97 Å². The molecule has 42 heavy (non-hydrogen) atoms. The lowest BCUT2D eigenvalue weighted by Gasteiger charge is -2.44. The van der Waals surface area contributed by atoms with E-state index in [1.807, 2.05) is 0 Å². The van der Waals surface area contributed by atoms with Crippen LogP contribution in [0.5, 0.6) is 23.0 Å². The van der Waals surface area contributed by atoms with Crippen LogP contribution in [0.15, 0.2) is 24.3 Å². The monoisotopic (exact) mass is 595 g/mol. The third-order valence-corrected chi connectivity index (χ3v) is 8.79. The highest BCUT2D eigenvalue weighted by Gasteiger charge is 2.56. The smallest absolute Gasteiger partial charge is 0.310 e. The summed E-state index contributed by atoms with van der Waals surface area (Å²) < 4.78 is 52.8. The van der Waals surface area contributed by atoms with Crippen molar-refractivity contribution in [2.24, 2.45) is 11.8 Å². The third-order valence-electron chi connectivity index (χ3n) is 8.79. The van der Waals surface area contributed by atoms with Crippen molar-refractivity contribution in [1.82, 2.24) is 5.32 Å². The van der Waals surface area contributed by atoms with Crippen LogP contribution in [-0.2, 0) is 14.3 Å². The van der Waals surface area contributed by atoms with Crippen LogP contribution in [0.25, 0.3) is 0 Å². The SMILES string of the molecule is Cc1c(O)cc([C@@H]2c3cc4c(cc3[C@@H](NCC(F)(F)[C@@H]3O[C@H](CO)[C@@H](O)[C@H](O)[C@H]3O)[C@H]3COC(=O)[C@H]23)OCO4)cc1O. The van der Waals surface area contributed by atoms with E-state index in [2.05, 4.69) is 5.32 Å². The summed E-state index contributed by atoms with van der Waals surface area (Å²) in [6.07, 6.45) is -9.69. The maximum absolute atomic E-state index is 15.6. The molecule has 0 unspecified atom stereocenters. The number of rotatable bonds is 6. The molecule has 0 spiro atoms. The Bertz CT molecular complexity index is 1360. The molecule has 3 heterocycles. The Kier molecular flexibility index (Phi) is 7.19. The van der Waals surface area contributed by atoms with Crippen LogP contribution >= 0.6 is 0 Å². The second-order valence-electron chi connectivity index (χ2n) is 11.2. The highest BCUT2D eigenvalue weighted by molar-refractivity contribution is 5.79. The molecule has 6 rings (SSSR count). The molecule has 0 aromatic heterocycles. The molecule has 3 aliphatic heterocycles. The summed E-state index contributed by atoms with van der Waals surface area (Å²) >= 11 is 0. The van der Waals surface area contributed by atoms with Crippen molar-refractivity contribution < 1.29 is 63.2 Å². The molecule has 0 radical (unpaired) electrons. The fraction of sp³-hybridized carbons (Fsp3) is 0.536. The van der Waals surface area contributed by atoms with Crippen LogP contribution in [0, 0.1) is 18.8 Å². The van der Waals surface area contributed by atoms with E-state index in [0.717, 1.165) is 0 Å². The number of fused-ring (bicyclic) bond motifs is 3. The fourth-order valence-electron chi connectivity index (χ4n) is 6.51. The van der Waals surface area contributed by atoms with E-state index < -0.39 is 79.4 Å². The number of phenolic OH excluding ortho intramolecular Hbond substituents is 2. The molecule has 0 saturated carbocycles. The zero-order valence-electron chi connectivity index (χ0n) is 22.3. The lowest BCUT2D eigenvalue weighted by molar-refractivity contribution is -0.279. The normalized spacial score (nSPS) is 33.7. The van der Waals surface area contributed by atoms with Gasteiger partial charge in [0.15, 0.2) is 17.6 Å². The Hall–Kier alpha value is -3.27. The highest BCUT2D eigenvalue weighted by atomic mass is 19.3. The number of aliphatic hydroxyl groups is 4. The van der Waals surface area contributed by atoms with Gasteiger partial charge in [-0.2, -0.15) is 0 Å². The summed E-state index contributed by atoms with van der Waals surface area (Å²) in [5.74, 6) is -6.34. The first-order valence-electron chi connectivity index (χ1n) is 13.5. The van der Waals surface area contributed by atoms with Crippen molar-refractivity contribution in [1.29, 1.82) is 0 Å². The fourth-order valence-corrected chi connectivity index (χ4v) is 6.51. The number of ether oxygens (including phenoxy) is 4. The van der Waals surface area contributed by atoms with Gasteiger partial charge in [-0.3, -0.25) is 4.79 Å². The van der Waals surface area contributed by atoms with Gasteiger partial charge in [-0.25, -0.2) is 8.78 Å². The largest absolute Gasteiger partial charge is 0.508 e. The van der Waals surface area contributed by atoms with Gasteiger partial charge in [0.05, 0.1) is 25.7 Å². The molecule has 9 atom stereocenters. The summed E-state index contributed by atoms with van der Waals surface area (Å²) in [6.45, 7) is -0.590. The van der Waals surface area contributed by atoms with Crippen LogP contribution in [0.1, 0.15) is 34.2 Å². The van der Waals surface area contributed by atoms with Gasteiger partial charge in [0, 0.05) is 23.4 Å². The zero-order valence-corrected chi connectivity index (χ0v) is 22.3. The summed E-state index contributed by atoms with van der Waals surface area (Å²) in [5, 5.41) is 63.5. The van der Waals surface area contributed by atoms with Crippen LogP contribution in [-0.4, -0.2) is 99.6 Å². The van der Waals surface area contributed by atoms with Gasteiger partial charge in [0.25, 0.3) is 5.92 Å². The molecular formula is C28H31F2NO11. The van der Waals surface area contributed by atoms with E-state index >= 15 is 8.78 Å². The maximum Gasteiger partial charge on any atom is 0.310 e. The minimum absolute atomic E-state index is 0.0722. The molecule has 2 saturated heterocycles. The van der Waals surface area contributed by atoms with Gasteiger partial charge < -0.3 is 54.9 Å². The van der Waals surface area contributed by atoms with Crippen molar-refractivity contribution in [2.75, 3.05) is 26.6 Å². The Morgan fingerprint density at radius 2 is 1.60 bits per heavy atom. The number of benzene rings is 2. The molecule has 0 bridgehead atoms. The number of nitrogens with one attached hydrogen (secondary N) is 1. The van der Waals surface area contributed by atoms with E-state index in [9.17, 15) is 35.4 Å². The standard InChI is InChI=1S/C28H31F2NO11/c1-10-15(33)2-11(3-16(10)34)20-12-4-17-18(41-9-40-17)5-13(12)22(14-7-39-27(38)21(14)20)31-8-28(29,30)26-25(37)24(36)23(35)19(6-32)42-26/h2-5,14,19-26,31-37H,6-9H2,1H3/t14-,19+,20+,21-,22+,23+,24-,25+,26+/m0/s1. The van der Waals surface area contributed by atoms with Crippen molar-refractivity contribution in [2.45, 2.75) is 55.3 Å². The first-order valence-corrected chi connectivity index (χ1v) is 13.5. The third kappa shape index (κ3) is 4.53. The number of carbonyl (C=O) groups is 1. The number of carbonyl (C=O) groups excluding carboxylic acids is 1. The summed E-state index contributed by atoms with van der Waals surface area (Å²) in [6, 6.07) is 5.25. The van der Waals surface area contributed by atoms with Crippen LogP contribution < -0.4 is 14.8 Å². The first kappa shape index (κ1) is 28.8. The average Bonchev–Trinajstić information content (AvgIpc) is 3.57. The number of aromatic hydroxyl groups is 2. The van der Waals surface area contributed by atoms with Gasteiger partial charge in [-0.15, -0.1) is 0 Å². The minimum Gasteiger partial charge on any atom is -0.508 e.